The fourth-order valence-electron chi connectivity index (χ4n) is 2.16. The summed E-state index contributed by atoms with van der Waals surface area (Å²) in [7, 11) is 0. The Balaban J connectivity index is 3.00. The molecule has 1 aromatic rings. The van der Waals surface area contributed by atoms with Crippen LogP contribution in [0.4, 0.5) is 5.69 Å². The third-order valence-electron chi connectivity index (χ3n) is 3.09. The van der Waals surface area contributed by atoms with Gasteiger partial charge in [0, 0.05) is 41.9 Å². The first-order valence-corrected chi connectivity index (χ1v) is 7.59. The lowest BCUT2D eigenvalue weighted by Gasteiger charge is -2.28. The van der Waals surface area contributed by atoms with Crippen LogP contribution in [0.1, 0.15) is 40.2 Å². The van der Waals surface area contributed by atoms with Crippen LogP contribution in [-0.4, -0.2) is 19.1 Å². The molecule has 0 saturated carbocycles. The largest absolute Gasteiger partial charge is 0.371 e. The third-order valence-corrected chi connectivity index (χ3v) is 3.44. The summed E-state index contributed by atoms with van der Waals surface area (Å²) in [5.41, 5.74) is 2.47. The van der Waals surface area contributed by atoms with Crippen molar-refractivity contribution >= 4 is 17.3 Å². The molecule has 0 bridgehead atoms. The fourth-order valence-corrected chi connectivity index (χ4v) is 2.40. The van der Waals surface area contributed by atoms with Crippen molar-refractivity contribution in [3.05, 3.63) is 28.8 Å². The quantitative estimate of drug-likeness (QED) is 0.801. The first-order chi connectivity index (χ1) is 8.95. The number of nitrogens with one attached hydrogen (secondary N) is 1. The molecular formula is C16H27ClN2. The Bertz CT molecular complexity index is 388. The van der Waals surface area contributed by atoms with Gasteiger partial charge >= 0.3 is 0 Å². The maximum atomic E-state index is 6.38. The van der Waals surface area contributed by atoms with Crippen molar-refractivity contribution in [2.75, 3.05) is 18.0 Å². The highest BCUT2D eigenvalue weighted by Crippen LogP contribution is 2.28. The van der Waals surface area contributed by atoms with E-state index in [0.29, 0.717) is 12.0 Å². The highest BCUT2D eigenvalue weighted by Gasteiger charge is 2.13. The molecule has 0 unspecified atom stereocenters. The Labute approximate surface area is 123 Å². The van der Waals surface area contributed by atoms with E-state index >= 15 is 0 Å². The second kappa shape index (κ2) is 7.76. The molecule has 0 aliphatic rings. The Hall–Kier alpha value is -0.730. The van der Waals surface area contributed by atoms with E-state index in [1.54, 1.807) is 0 Å². The minimum absolute atomic E-state index is 0.462. The third kappa shape index (κ3) is 5.04. The number of rotatable bonds is 7. The summed E-state index contributed by atoms with van der Waals surface area (Å²) in [6.45, 7) is 13.9. The molecule has 1 aromatic carbocycles. The summed E-state index contributed by atoms with van der Waals surface area (Å²) < 4.78 is 0. The summed E-state index contributed by atoms with van der Waals surface area (Å²) >= 11 is 6.38. The highest BCUT2D eigenvalue weighted by molar-refractivity contribution is 6.31. The first kappa shape index (κ1) is 16.3. The molecule has 0 spiro atoms. The molecule has 0 amide bonds. The highest BCUT2D eigenvalue weighted by atomic mass is 35.5. The van der Waals surface area contributed by atoms with Gasteiger partial charge in [-0.25, -0.2) is 0 Å². The summed E-state index contributed by atoms with van der Waals surface area (Å²) in [6, 6.07) is 6.66. The van der Waals surface area contributed by atoms with Gasteiger partial charge in [-0.05, 0) is 25.0 Å². The van der Waals surface area contributed by atoms with Crippen LogP contribution in [0.3, 0.4) is 0 Å². The van der Waals surface area contributed by atoms with E-state index in [-0.39, 0.29) is 0 Å². The molecule has 0 atom stereocenters. The van der Waals surface area contributed by atoms with Gasteiger partial charge in [0.05, 0.1) is 0 Å². The van der Waals surface area contributed by atoms with E-state index in [2.05, 4.69) is 50.9 Å². The maximum absolute atomic E-state index is 6.38. The van der Waals surface area contributed by atoms with Gasteiger partial charge in [-0.3, -0.25) is 0 Å². The molecule has 3 heteroatoms. The summed E-state index contributed by atoms with van der Waals surface area (Å²) in [6.07, 6.45) is 0. The second-order valence-electron chi connectivity index (χ2n) is 5.71. The van der Waals surface area contributed by atoms with Gasteiger partial charge in [0.15, 0.2) is 0 Å². The van der Waals surface area contributed by atoms with Crippen LogP contribution < -0.4 is 10.2 Å². The van der Waals surface area contributed by atoms with E-state index in [1.165, 1.54) is 11.3 Å². The molecule has 19 heavy (non-hydrogen) atoms. The zero-order valence-electron chi connectivity index (χ0n) is 12.8. The van der Waals surface area contributed by atoms with Crippen molar-refractivity contribution in [1.82, 2.24) is 5.32 Å². The monoisotopic (exact) mass is 282 g/mol. The zero-order chi connectivity index (χ0) is 14.4. The number of benzene rings is 1. The lowest BCUT2D eigenvalue weighted by Crippen LogP contribution is -2.30. The topological polar surface area (TPSA) is 15.3 Å². The van der Waals surface area contributed by atoms with Crippen molar-refractivity contribution < 1.29 is 0 Å². The predicted octanol–water partition coefficient (Wildman–Crippen LogP) is 4.32. The number of anilines is 1. The van der Waals surface area contributed by atoms with Crippen molar-refractivity contribution in [3.8, 4) is 0 Å². The smallest absolute Gasteiger partial charge is 0.0471 e. The molecule has 0 heterocycles. The molecule has 0 aliphatic heterocycles. The SMILES string of the molecule is CCN(CC(C)C)c1cccc(Cl)c1CNC(C)C. The van der Waals surface area contributed by atoms with Crippen molar-refractivity contribution in [2.24, 2.45) is 5.92 Å². The predicted molar refractivity (Wildman–Crippen MR) is 86.2 cm³/mol. The van der Waals surface area contributed by atoms with E-state index in [0.717, 1.165) is 24.7 Å². The Kier molecular flexibility index (Phi) is 6.67. The van der Waals surface area contributed by atoms with Crippen LogP contribution in [0.5, 0.6) is 0 Å². The second-order valence-corrected chi connectivity index (χ2v) is 6.11. The number of hydrogen-bond acceptors (Lipinski definition) is 2. The number of halogens is 1. The van der Waals surface area contributed by atoms with E-state index < -0.39 is 0 Å². The lowest BCUT2D eigenvalue weighted by molar-refractivity contribution is 0.583. The van der Waals surface area contributed by atoms with Crippen LogP contribution >= 0.6 is 11.6 Å². The molecule has 0 radical (unpaired) electrons. The van der Waals surface area contributed by atoms with Gasteiger partial charge in [-0.2, -0.15) is 0 Å². The molecule has 108 valence electrons. The van der Waals surface area contributed by atoms with Gasteiger partial charge in [0.2, 0.25) is 0 Å². The normalized spacial score (nSPS) is 11.4. The van der Waals surface area contributed by atoms with Gasteiger partial charge in [0.25, 0.3) is 0 Å². The van der Waals surface area contributed by atoms with E-state index in [9.17, 15) is 0 Å². The molecule has 0 fully saturated rings. The minimum atomic E-state index is 0.462. The fraction of sp³-hybridized carbons (Fsp3) is 0.625. The zero-order valence-corrected chi connectivity index (χ0v) is 13.6. The minimum Gasteiger partial charge on any atom is -0.371 e. The van der Waals surface area contributed by atoms with Crippen LogP contribution in [0, 0.1) is 5.92 Å². The first-order valence-electron chi connectivity index (χ1n) is 7.21. The molecule has 0 saturated heterocycles. The van der Waals surface area contributed by atoms with Gasteiger partial charge in [-0.1, -0.05) is 45.4 Å². The van der Waals surface area contributed by atoms with Crippen molar-refractivity contribution in [3.63, 3.8) is 0 Å². The summed E-state index contributed by atoms with van der Waals surface area (Å²) in [5, 5.41) is 4.32. The molecule has 1 N–H and O–H groups in total. The average Bonchev–Trinajstić information content (AvgIpc) is 2.33. The van der Waals surface area contributed by atoms with Crippen molar-refractivity contribution in [2.45, 2.75) is 47.2 Å². The molecule has 1 rings (SSSR count). The van der Waals surface area contributed by atoms with Crippen LogP contribution in [0.15, 0.2) is 18.2 Å². The van der Waals surface area contributed by atoms with Gasteiger partial charge in [0.1, 0.15) is 0 Å². The van der Waals surface area contributed by atoms with Crippen LogP contribution in [0.2, 0.25) is 5.02 Å². The van der Waals surface area contributed by atoms with E-state index in [4.69, 9.17) is 11.6 Å². The van der Waals surface area contributed by atoms with E-state index in [1.807, 2.05) is 12.1 Å². The molecule has 0 aromatic heterocycles. The van der Waals surface area contributed by atoms with Gasteiger partial charge < -0.3 is 10.2 Å². The van der Waals surface area contributed by atoms with Crippen LogP contribution in [-0.2, 0) is 6.54 Å². The number of hydrogen-bond donors (Lipinski definition) is 1. The maximum Gasteiger partial charge on any atom is 0.0471 e. The average molecular weight is 283 g/mol. The Morgan fingerprint density at radius 2 is 1.89 bits per heavy atom. The van der Waals surface area contributed by atoms with Gasteiger partial charge in [-0.15, -0.1) is 0 Å². The summed E-state index contributed by atoms with van der Waals surface area (Å²) in [5.74, 6) is 0.643. The van der Waals surface area contributed by atoms with Crippen molar-refractivity contribution in [1.29, 1.82) is 0 Å². The standard InChI is InChI=1S/C16H27ClN2/c1-6-19(11-12(2)3)16-9-7-8-15(17)14(16)10-18-13(4)5/h7-9,12-13,18H,6,10-11H2,1-5H3. The summed E-state index contributed by atoms with van der Waals surface area (Å²) in [4.78, 5) is 2.41. The Morgan fingerprint density at radius 1 is 1.21 bits per heavy atom. The molecular weight excluding hydrogens is 256 g/mol. The number of nitrogens with zero attached hydrogens (tertiary/aromatic N) is 1. The Morgan fingerprint density at radius 3 is 2.42 bits per heavy atom. The molecule has 0 aliphatic carbocycles. The lowest BCUT2D eigenvalue weighted by atomic mass is 10.1. The van der Waals surface area contributed by atoms with Crippen LogP contribution in [0.25, 0.3) is 0 Å². The molecule has 2 nitrogen and oxygen atoms in total.